The Morgan fingerprint density at radius 3 is 1.53 bits per heavy atom. The maximum absolute atomic E-state index is 10.8. The zero-order valence-electron chi connectivity index (χ0n) is 10.8. The minimum absolute atomic E-state index is 0.385. The quantitative estimate of drug-likeness (QED) is 0.753. The highest BCUT2D eigenvalue weighted by molar-refractivity contribution is 5.84. The zero-order valence-corrected chi connectivity index (χ0v) is 10.8. The molecule has 0 spiro atoms. The van der Waals surface area contributed by atoms with Crippen LogP contribution in [-0.2, 0) is 4.74 Å². The van der Waals surface area contributed by atoms with Gasteiger partial charge in [0.2, 0.25) is 0 Å². The lowest BCUT2D eigenvalue weighted by Crippen LogP contribution is -1.96. The molecule has 1 rings (SSSR count). The first kappa shape index (κ1) is 15.2. The van der Waals surface area contributed by atoms with Crippen molar-refractivity contribution in [1.82, 2.24) is 0 Å². The van der Waals surface area contributed by atoms with Gasteiger partial charge in [-0.1, -0.05) is 0 Å². The largest absolute Gasteiger partial charge is 0.496 e. The molecule has 0 fully saturated rings. The van der Waals surface area contributed by atoms with Crippen molar-refractivity contribution in [1.29, 1.82) is 0 Å². The Kier molecular flexibility index (Phi) is 7.54. The Hall–Kier alpha value is -1.75. The summed E-state index contributed by atoms with van der Waals surface area (Å²) < 4.78 is 19.3. The molecule has 0 aliphatic heterocycles. The monoisotopic (exact) mass is 242 g/mol. The predicted molar refractivity (Wildman–Crippen MR) is 64.4 cm³/mol. The lowest BCUT2D eigenvalue weighted by Gasteiger charge is -2.10. The van der Waals surface area contributed by atoms with Crippen LogP contribution in [0.25, 0.3) is 0 Å². The summed E-state index contributed by atoms with van der Waals surface area (Å²) in [6.45, 7) is 0. The van der Waals surface area contributed by atoms with Crippen LogP contribution in [0.2, 0.25) is 0 Å². The smallest absolute Gasteiger partial charge is 0.157 e. The topological polar surface area (TPSA) is 54.0 Å². The number of carbonyl (C=O) groups excluding carboxylic acids is 1. The van der Waals surface area contributed by atoms with Gasteiger partial charge in [-0.05, 0) is 0 Å². The molecular weight excluding hydrogens is 224 g/mol. The van der Waals surface area contributed by atoms with Crippen LogP contribution in [0, 0.1) is 0 Å². The molecule has 0 aliphatic carbocycles. The molecule has 0 heterocycles. The van der Waals surface area contributed by atoms with Gasteiger partial charge in [-0.25, -0.2) is 0 Å². The van der Waals surface area contributed by atoms with Gasteiger partial charge in [0.15, 0.2) is 6.29 Å². The lowest BCUT2D eigenvalue weighted by atomic mass is 10.2. The molecule has 0 aliphatic rings. The number of carbonyl (C=O) groups is 1. The number of ether oxygens (including phenoxy) is 4. The van der Waals surface area contributed by atoms with E-state index in [1.165, 1.54) is 21.3 Å². The van der Waals surface area contributed by atoms with Crippen molar-refractivity contribution in [2.45, 2.75) is 0 Å². The average Bonchev–Trinajstić information content (AvgIpc) is 2.37. The molecule has 0 unspecified atom stereocenters. The van der Waals surface area contributed by atoms with E-state index in [0.717, 1.165) is 0 Å². The van der Waals surface area contributed by atoms with Crippen LogP contribution >= 0.6 is 0 Å². The summed E-state index contributed by atoms with van der Waals surface area (Å²) in [5, 5.41) is 0. The van der Waals surface area contributed by atoms with Crippen LogP contribution in [0.15, 0.2) is 12.1 Å². The highest BCUT2D eigenvalue weighted by Crippen LogP contribution is 2.32. The molecule has 5 heteroatoms. The lowest BCUT2D eigenvalue weighted by molar-refractivity contribution is 0.111. The summed E-state index contributed by atoms with van der Waals surface area (Å²) in [4.78, 5) is 10.8. The molecule has 0 bridgehead atoms. The maximum Gasteiger partial charge on any atom is 0.157 e. The Balaban J connectivity index is 0.000000770. The van der Waals surface area contributed by atoms with Crippen molar-refractivity contribution in [2.75, 3.05) is 35.5 Å². The molecule has 0 saturated carbocycles. The normalized spacial score (nSPS) is 8.76. The molecule has 96 valence electrons. The van der Waals surface area contributed by atoms with Gasteiger partial charge < -0.3 is 18.9 Å². The van der Waals surface area contributed by atoms with E-state index in [1.807, 2.05) is 0 Å². The minimum Gasteiger partial charge on any atom is -0.496 e. The van der Waals surface area contributed by atoms with Crippen molar-refractivity contribution in [2.24, 2.45) is 0 Å². The van der Waals surface area contributed by atoms with E-state index in [9.17, 15) is 4.79 Å². The van der Waals surface area contributed by atoms with E-state index in [4.69, 9.17) is 14.2 Å². The Labute approximate surface area is 101 Å². The number of rotatable bonds is 4. The summed E-state index contributed by atoms with van der Waals surface area (Å²) in [6, 6.07) is 3.26. The van der Waals surface area contributed by atoms with Crippen molar-refractivity contribution in [3.8, 4) is 17.2 Å². The molecule has 1 aromatic rings. The van der Waals surface area contributed by atoms with Crippen molar-refractivity contribution < 1.29 is 23.7 Å². The Bertz CT molecular complexity index is 324. The third kappa shape index (κ3) is 4.32. The SMILES string of the molecule is COC.COc1cc(OC)c(C=O)c(OC)c1. The van der Waals surface area contributed by atoms with Gasteiger partial charge in [0.05, 0.1) is 26.9 Å². The van der Waals surface area contributed by atoms with Gasteiger partial charge in [-0.3, -0.25) is 4.79 Å². The van der Waals surface area contributed by atoms with E-state index in [-0.39, 0.29) is 0 Å². The van der Waals surface area contributed by atoms with Gasteiger partial charge in [-0.15, -0.1) is 0 Å². The van der Waals surface area contributed by atoms with E-state index in [0.29, 0.717) is 29.1 Å². The third-order valence-electron chi connectivity index (χ3n) is 1.87. The van der Waals surface area contributed by atoms with Crippen LogP contribution in [0.3, 0.4) is 0 Å². The highest BCUT2D eigenvalue weighted by atomic mass is 16.5. The summed E-state index contributed by atoms with van der Waals surface area (Å²) in [7, 11) is 7.76. The van der Waals surface area contributed by atoms with Crippen LogP contribution in [0.4, 0.5) is 0 Å². The number of hydrogen-bond donors (Lipinski definition) is 0. The fraction of sp³-hybridized carbons (Fsp3) is 0.417. The molecule has 0 N–H and O–H groups in total. The average molecular weight is 242 g/mol. The van der Waals surface area contributed by atoms with Crippen molar-refractivity contribution >= 4 is 6.29 Å². The Morgan fingerprint density at radius 1 is 0.882 bits per heavy atom. The maximum atomic E-state index is 10.8. The predicted octanol–water partition coefficient (Wildman–Crippen LogP) is 1.79. The summed E-state index contributed by atoms with van der Waals surface area (Å²) >= 11 is 0. The fourth-order valence-electron chi connectivity index (χ4n) is 1.15. The van der Waals surface area contributed by atoms with E-state index >= 15 is 0 Å². The molecule has 0 amide bonds. The first-order chi connectivity index (χ1) is 8.18. The second-order valence-electron chi connectivity index (χ2n) is 2.97. The van der Waals surface area contributed by atoms with Gasteiger partial charge >= 0.3 is 0 Å². The molecule has 5 nitrogen and oxygen atoms in total. The molecule has 0 saturated heterocycles. The molecule has 17 heavy (non-hydrogen) atoms. The zero-order chi connectivity index (χ0) is 13.3. The second-order valence-corrected chi connectivity index (χ2v) is 2.97. The molecule has 0 radical (unpaired) electrons. The van der Waals surface area contributed by atoms with Gasteiger partial charge in [0.25, 0.3) is 0 Å². The molecule has 1 aromatic carbocycles. The third-order valence-corrected chi connectivity index (χ3v) is 1.87. The first-order valence-corrected chi connectivity index (χ1v) is 4.83. The minimum atomic E-state index is 0.385. The van der Waals surface area contributed by atoms with E-state index in [2.05, 4.69) is 4.74 Å². The Morgan fingerprint density at radius 2 is 1.29 bits per heavy atom. The fourth-order valence-corrected chi connectivity index (χ4v) is 1.15. The summed E-state index contributed by atoms with van der Waals surface area (Å²) in [6.07, 6.45) is 0.692. The number of aldehydes is 1. The van der Waals surface area contributed by atoms with Gasteiger partial charge in [0, 0.05) is 26.4 Å². The first-order valence-electron chi connectivity index (χ1n) is 4.83. The van der Waals surface area contributed by atoms with Crippen LogP contribution < -0.4 is 14.2 Å². The van der Waals surface area contributed by atoms with Crippen LogP contribution in [0.1, 0.15) is 10.4 Å². The van der Waals surface area contributed by atoms with E-state index in [1.54, 1.807) is 26.4 Å². The van der Waals surface area contributed by atoms with E-state index < -0.39 is 0 Å². The number of benzene rings is 1. The van der Waals surface area contributed by atoms with Crippen molar-refractivity contribution in [3.05, 3.63) is 17.7 Å². The number of hydrogen-bond acceptors (Lipinski definition) is 5. The number of methoxy groups -OCH3 is 4. The second kappa shape index (κ2) is 8.41. The molecular formula is C12H18O5. The highest BCUT2D eigenvalue weighted by Gasteiger charge is 2.11. The standard InChI is InChI=1S/C10H12O4.C2H6O/c1-12-7-4-9(13-2)8(6-11)10(5-7)14-3;1-3-2/h4-6H,1-3H3;1-2H3. The van der Waals surface area contributed by atoms with Crippen LogP contribution in [0.5, 0.6) is 17.2 Å². The molecule has 0 atom stereocenters. The molecule has 0 aromatic heterocycles. The van der Waals surface area contributed by atoms with Crippen molar-refractivity contribution in [3.63, 3.8) is 0 Å². The van der Waals surface area contributed by atoms with Gasteiger partial charge in [0.1, 0.15) is 17.2 Å². The summed E-state index contributed by atoms with van der Waals surface area (Å²) in [5.41, 5.74) is 0.385. The summed E-state index contributed by atoms with van der Waals surface area (Å²) in [5.74, 6) is 1.47. The van der Waals surface area contributed by atoms with Crippen LogP contribution in [-0.4, -0.2) is 41.8 Å². The van der Waals surface area contributed by atoms with Gasteiger partial charge in [-0.2, -0.15) is 0 Å².